The molecule has 0 aliphatic heterocycles. The minimum atomic E-state index is -1.06. The van der Waals surface area contributed by atoms with Gasteiger partial charge < -0.3 is 32.8 Å². The van der Waals surface area contributed by atoms with Crippen LogP contribution >= 0.6 is 0 Å². The molecule has 0 aliphatic rings. The standard InChI is InChI=1S/C12H12N2O.C7H8N2O2/c13-9-1-5-11(6-2-9)15-12-7-3-10(14)4-8-12;8-4-1-2-6(9)5(3-4)7(10)11/h1-8H,13-14H2;1-3H,8-9H2,(H,10,11). The molecule has 0 unspecified atom stereocenters. The van der Waals surface area contributed by atoms with Crippen molar-refractivity contribution in [2.24, 2.45) is 0 Å². The molecule has 0 heterocycles. The highest BCUT2D eigenvalue weighted by atomic mass is 16.5. The van der Waals surface area contributed by atoms with Crippen LogP contribution < -0.4 is 27.7 Å². The molecule has 3 aromatic carbocycles. The van der Waals surface area contributed by atoms with Crippen molar-refractivity contribution in [3.8, 4) is 11.5 Å². The van der Waals surface area contributed by atoms with Gasteiger partial charge in [-0.15, -0.1) is 0 Å². The van der Waals surface area contributed by atoms with Gasteiger partial charge in [-0.25, -0.2) is 4.79 Å². The number of rotatable bonds is 3. The molecule has 0 aromatic heterocycles. The number of nitrogens with two attached hydrogens (primary N) is 4. The lowest BCUT2D eigenvalue weighted by Crippen LogP contribution is -2.02. The Morgan fingerprint density at radius 2 is 1.12 bits per heavy atom. The molecule has 0 bridgehead atoms. The highest BCUT2D eigenvalue weighted by molar-refractivity contribution is 5.94. The van der Waals surface area contributed by atoms with Gasteiger partial charge in [0.1, 0.15) is 11.5 Å². The van der Waals surface area contributed by atoms with Crippen molar-refractivity contribution in [3.05, 3.63) is 72.3 Å². The minimum absolute atomic E-state index is 0.0463. The second-order valence-electron chi connectivity index (χ2n) is 5.39. The molecule has 134 valence electrons. The van der Waals surface area contributed by atoms with E-state index >= 15 is 0 Å². The highest BCUT2D eigenvalue weighted by Gasteiger charge is 2.06. The fourth-order valence-electron chi connectivity index (χ4n) is 1.97. The van der Waals surface area contributed by atoms with Crippen molar-refractivity contribution in [2.75, 3.05) is 22.9 Å². The van der Waals surface area contributed by atoms with Gasteiger partial charge >= 0.3 is 5.97 Å². The van der Waals surface area contributed by atoms with Crippen molar-refractivity contribution < 1.29 is 14.6 Å². The number of carbonyl (C=O) groups is 1. The number of aromatic carboxylic acids is 1. The number of hydrogen-bond acceptors (Lipinski definition) is 6. The Hall–Kier alpha value is -3.87. The molecule has 3 aromatic rings. The van der Waals surface area contributed by atoms with Crippen molar-refractivity contribution >= 4 is 28.7 Å². The van der Waals surface area contributed by atoms with Gasteiger partial charge in [-0.1, -0.05) is 0 Å². The summed E-state index contributed by atoms with van der Waals surface area (Å²) in [7, 11) is 0. The molecule has 26 heavy (non-hydrogen) atoms. The van der Waals surface area contributed by atoms with Crippen LogP contribution in [0.5, 0.6) is 11.5 Å². The van der Waals surface area contributed by atoms with E-state index in [1.54, 1.807) is 30.3 Å². The van der Waals surface area contributed by atoms with Gasteiger partial charge in [0.05, 0.1) is 5.56 Å². The third kappa shape index (κ3) is 5.34. The Kier molecular flexibility index (Phi) is 5.89. The zero-order valence-electron chi connectivity index (χ0n) is 13.9. The molecule has 0 fully saturated rings. The molecular formula is C19H20N4O3. The van der Waals surface area contributed by atoms with Crippen molar-refractivity contribution in [1.82, 2.24) is 0 Å². The van der Waals surface area contributed by atoms with Gasteiger partial charge in [0.2, 0.25) is 0 Å². The number of carboxylic acid groups (broad SMARTS) is 1. The average molecular weight is 352 g/mol. The smallest absolute Gasteiger partial charge is 0.337 e. The van der Waals surface area contributed by atoms with Crippen LogP contribution in [0.1, 0.15) is 10.4 Å². The number of anilines is 4. The van der Waals surface area contributed by atoms with E-state index in [0.717, 1.165) is 22.9 Å². The third-order valence-electron chi connectivity index (χ3n) is 3.30. The molecule has 3 rings (SSSR count). The van der Waals surface area contributed by atoms with E-state index in [1.807, 2.05) is 24.3 Å². The monoisotopic (exact) mass is 352 g/mol. The Labute approximate surface area is 150 Å². The minimum Gasteiger partial charge on any atom is -0.478 e. The molecular weight excluding hydrogens is 332 g/mol. The summed E-state index contributed by atoms with van der Waals surface area (Å²) >= 11 is 0. The number of hydrogen-bond donors (Lipinski definition) is 5. The maximum absolute atomic E-state index is 10.4. The van der Waals surface area contributed by atoms with Gasteiger partial charge in [-0.2, -0.15) is 0 Å². The SMILES string of the molecule is Nc1ccc(N)c(C(=O)O)c1.Nc1ccc(Oc2ccc(N)cc2)cc1. The first-order chi connectivity index (χ1) is 12.3. The van der Waals surface area contributed by atoms with E-state index in [2.05, 4.69) is 0 Å². The highest BCUT2D eigenvalue weighted by Crippen LogP contribution is 2.22. The van der Waals surface area contributed by atoms with Gasteiger partial charge in [0.15, 0.2) is 0 Å². The van der Waals surface area contributed by atoms with Gasteiger partial charge in [-0.3, -0.25) is 0 Å². The van der Waals surface area contributed by atoms with E-state index in [4.69, 9.17) is 32.8 Å². The van der Waals surface area contributed by atoms with Crippen molar-refractivity contribution in [1.29, 1.82) is 0 Å². The van der Waals surface area contributed by atoms with E-state index < -0.39 is 5.97 Å². The van der Waals surface area contributed by atoms with Crippen LogP contribution in [0.25, 0.3) is 0 Å². The summed E-state index contributed by atoms with van der Waals surface area (Å²) in [6, 6.07) is 18.9. The van der Waals surface area contributed by atoms with E-state index in [-0.39, 0.29) is 11.3 Å². The number of nitrogen functional groups attached to an aromatic ring is 4. The predicted octanol–water partition coefficient (Wildman–Crippen LogP) is 3.19. The van der Waals surface area contributed by atoms with Crippen LogP contribution in [0.4, 0.5) is 22.7 Å². The zero-order chi connectivity index (χ0) is 19.1. The molecule has 0 aliphatic carbocycles. The summed E-state index contributed by atoms with van der Waals surface area (Å²) in [5.41, 5.74) is 24.0. The molecule has 0 amide bonds. The van der Waals surface area contributed by atoms with E-state index in [0.29, 0.717) is 5.69 Å². The maximum Gasteiger partial charge on any atom is 0.337 e. The van der Waals surface area contributed by atoms with E-state index in [1.165, 1.54) is 12.1 Å². The fraction of sp³-hybridized carbons (Fsp3) is 0. The summed E-state index contributed by atoms with van der Waals surface area (Å²) in [4.78, 5) is 10.4. The van der Waals surface area contributed by atoms with Crippen LogP contribution in [-0.2, 0) is 0 Å². The Bertz CT molecular complexity index is 835. The zero-order valence-corrected chi connectivity index (χ0v) is 13.9. The molecule has 7 nitrogen and oxygen atoms in total. The van der Waals surface area contributed by atoms with Crippen LogP contribution in [0.3, 0.4) is 0 Å². The first kappa shape index (κ1) is 18.5. The van der Waals surface area contributed by atoms with Crippen LogP contribution in [0.2, 0.25) is 0 Å². The maximum atomic E-state index is 10.4. The summed E-state index contributed by atoms with van der Waals surface area (Å²) in [6.45, 7) is 0. The summed E-state index contributed by atoms with van der Waals surface area (Å²) in [5.74, 6) is 0.456. The number of ether oxygens (including phenoxy) is 1. The second kappa shape index (κ2) is 8.29. The third-order valence-corrected chi connectivity index (χ3v) is 3.30. The molecule has 0 saturated heterocycles. The van der Waals surface area contributed by atoms with Crippen molar-refractivity contribution in [2.45, 2.75) is 0 Å². The first-order valence-corrected chi connectivity index (χ1v) is 7.62. The average Bonchev–Trinajstić information content (AvgIpc) is 2.61. The lowest BCUT2D eigenvalue weighted by Gasteiger charge is -2.05. The van der Waals surface area contributed by atoms with Crippen LogP contribution in [0, 0.1) is 0 Å². The molecule has 0 radical (unpaired) electrons. The Morgan fingerprint density at radius 1 is 0.692 bits per heavy atom. The summed E-state index contributed by atoms with van der Waals surface area (Å²) in [6.07, 6.45) is 0. The summed E-state index contributed by atoms with van der Waals surface area (Å²) in [5, 5.41) is 8.55. The Balaban J connectivity index is 0.000000197. The summed E-state index contributed by atoms with van der Waals surface area (Å²) < 4.78 is 5.58. The predicted molar refractivity (Wildman–Crippen MR) is 104 cm³/mol. The first-order valence-electron chi connectivity index (χ1n) is 7.62. The van der Waals surface area contributed by atoms with Gasteiger partial charge in [-0.05, 0) is 66.7 Å². The van der Waals surface area contributed by atoms with Crippen molar-refractivity contribution in [3.63, 3.8) is 0 Å². The molecule has 0 saturated carbocycles. The largest absolute Gasteiger partial charge is 0.478 e. The lowest BCUT2D eigenvalue weighted by molar-refractivity contribution is 0.0698. The quantitative estimate of drug-likeness (QED) is 0.454. The molecule has 9 N–H and O–H groups in total. The lowest BCUT2D eigenvalue weighted by atomic mass is 10.1. The fourth-order valence-corrected chi connectivity index (χ4v) is 1.97. The van der Waals surface area contributed by atoms with Crippen LogP contribution in [-0.4, -0.2) is 11.1 Å². The van der Waals surface area contributed by atoms with Gasteiger partial charge in [0, 0.05) is 22.7 Å². The van der Waals surface area contributed by atoms with Crippen LogP contribution in [0.15, 0.2) is 66.7 Å². The van der Waals surface area contributed by atoms with E-state index in [9.17, 15) is 4.79 Å². The normalized spacial score (nSPS) is 9.69. The topological polar surface area (TPSA) is 151 Å². The van der Waals surface area contributed by atoms with Gasteiger partial charge in [0.25, 0.3) is 0 Å². The molecule has 0 spiro atoms. The number of carboxylic acids is 1. The Morgan fingerprint density at radius 3 is 1.50 bits per heavy atom. The second-order valence-corrected chi connectivity index (χ2v) is 5.39. The number of benzene rings is 3. The molecule has 7 heteroatoms. The molecule has 0 atom stereocenters.